The average molecular weight is 225 g/mol. The first-order valence-electron chi connectivity index (χ1n) is 4.72. The Hall–Kier alpha value is -1.40. The number of carbonyl (C=O) groups is 1. The molecule has 0 aliphatic rings. The Balaban J connectivity index is 3.29. The molecule has 86 valence electrons. The predicted octanol–water partition coefficient (Wildman–Crippen LogP) is -0.484. The molecule has 1 amide bonds. The number of hydrogen-bond acceptors (Lipinski definition) is 3. The van der Waals surface area contributed by atoms with Crippen LogP contribution in [0.1, 0.15) is 15.9 Å². The summed E-state index contributed by atoms with van der Waals surface area (Å²) >= 11 is 0. The number of amides is 1. The summed E-state index contributed by atoms with van der Waals surface area (Å²) in [7, 11) is 1.29. The van der Waals surface area contributed by atoms with E-state index in [4.69, 9.17) is 10.0 Å². The Morgan fingerprint density at radius 2 is 1.94 bits per heavy atom. The zero-order valence-electron chi connectivity index (χ0n) is 9.36. The van der Waals surface area contributed by atoms with Gasteiger partial charge in [0.2, 0.25) is 0 Å². The molecule has 0 aliphatic heterocycles. The Bertz CT molecular complexity index is 421. The second-order valence-electron chi connectivity index (χ2n) is 3.75. The third-order valence-electron chi connectivity index (χ3n) is 2.32. The molecule has 0 aromatic heterocycles. The molecule has 0 saturated heterocycles. The summed E-state index contributed by atoms with van der Waals surface area (Å²) in [5, 5.41) is 18.1. The van der Waals surface area contributed by atoms with Gasteiger partial charge in [0.15, 0.2) is 0 Å². The Labute approximate surface area is 93.5 Å². The molecule has 0 saturated carbocycles. The van der Waals surface area contributed by atoms with Crippen LogP contribution in [-0.2, 0) is 0 Å². The summed E-state index contributed by atoms with van der Waals surface area (Å²) in [5.74, 6) is -1.02. The first-order valence-corrected chi connectivity index (χ1v) is 4.72. The van der Waals surface area contributed by atoms with Crippen molar-refractivity contribution in [3.63, 3.8) is 0 Å². The fourth-order valence-corrected chi connectivity index (χ4v) is 1.35. The van der Waals surface area contributed by atoms with E-state index in [-0.39, 0.29) is 22.5 Å². The van der Waals surface area contributed by atoms with Gasteiger partial charge < -0.3 is 14.9 Å². The number of nitrogens with zero attached hydrogens (tertiary/aromatic N) is 1. The largest absolute Gasteiger partial charge is 0.488 e. The molecule has 1 aromatic rings. The standard InChI is InChI=1S/C10H13BFNO3/c1-6-8(11(15)16)4-7(5-9(6)12)10(14)13(2)3/h4-5,15-16H,1-3H3. The van der Waals surface area contributed by atoms with E-state index in [1.54, 1.807) is 0 Å². The highest BCUT2D eigenvalue weighted by Crippen LogP contribution is 2.09. The molecule has 4 nitrogen and oxygen atoms in total. The lowest BCUT2D eigenvalue weighted by atomic mass is 9.76. The van der Waals surface area contributed by atoms with Gasteiger partial charge in [0.1, 0.15) is 5.82 Å². The first kappa shape index (κ1) is 12.7. The van der Waals surface area contributed by atoms with Gasteiger partial charge >= 0.3 is 7.12 Å². The molecular weight excluding hydrogens is 212 g/mol. The van der Waals surface area contributed by atoms with E-state index >= 15 is 0 Å². The molecule has 0 bridgehead atoms. The molecule has 0 fully saturated rings. The number of hydrogen-bond donors (Lipinski definition) is 2. The van der Waals surface area contributed by atoms with Gasteiger partial charge in [-0.3, -0.25) is 4.79 Å². The fourth-order valence-electron chi connectivity index (χ4n) is 1.35. The SMILES string of the molecule is Cc1c(F)cc(C(=O)N(C)C)cc1B(O)O. The molecule has 1 aromatic carbocycles. The summed E-state index contributed by atoms with van der Waals surface area (Å²) in [6.07, 6.45) is 0. The van der Waals surface area contributed by atoms with Crippen molar-refractivity contribution in [1.29, 1.82) is 0 Å². The van der Waals surface area contributed by atoms with Crippen molar-refractivity contribution in [3.8, 4) is 0 Å². The summed E-state index contributed by atoms with van der Waals surface area (Å²) in [6.45, 7) is 1.42. The van der Waals surface area contributed by atoms with Crippen LogP contribution in [0.15, 0.2) is 12.1 Å². The maximum atomic E-state index is 13.4. The molecule has 1 rings (SSSR count). The van der Waals surface area contributed by atoms with Crippen LogP contribution in [-0.4, -0.2) is 42.1 Å². The van der Waals surface area contributed by atoms with E-state index < -0.39 is 12.9 Å². The van der Waals surface area contributed by atoms with Crippen molar-refractivity contribution in [2.24, 2.45) is 0 Å². The normalized spacial score (nSPS) is 10.1. The van der Waals surface area contributed by atoms with E-state index in [0.29, 0.717) is 0 Å². The maximum Gasteiger partial charge on any atom is 0.488 e. The van der Waals surface area contributed by atoms with Gasteiger partial charge in [-0.25, -0.2) is 4.39 Å². The van der Waals surface area contributed by atoms with E-state index in [1.165, 1.54) is 32.0 Å². The molecule has 0 spiro atoms. The van der Waals surface area contributed by atoms with Crippen molar-refractivity contribution in [1.82, 2.24) is 4.90 Å². The molecule has 0 atom stereocenters. The smallest absolute Gasteiger partial charge is 0.423 e. The van der Waals surface area contributed by atoms with Crippen LogP contribution >= 0.6 is 0 Å². The number of halogens is 1. The van der Waals surface area contributed by atoms with Crippen LogP contribution in [0.2, 0.25) is 0 Å². The van der Waals surface area contributed by atoms with Crippen molar-refractivity contribution >= 4 is 18.5 Å². The maximum absolute atomic E-state index is 13.4. The van der Waals surface area contributed by atoms with E-state index in [2.05, 4.69) is 0 Å². The van der Waals surface area contributed by atoms with Gasteiger partial charge in [-0.1, -0.05) is 0 Å². The molecule has 0 radical (unpaired) electrons. The minimum absolute atomic E-state index is 0.00481. The van der Waals surface area contributed by atoms with Crippen LogP contribution in [0, 0.1) is 12.7 Å². The Morgan fingerprint density at radius 3 is 2.38 bits per heavy atom. The minimum atomic E-state index is -1.79. The highest BCUT2D eigenvalue weighted by Gasteiger charge is 2.20. The summed E-state index contributed by atoms with van der Waals surface area (Å²) in [5.41, 5.74) is 0.228. The monoisotopic (exact) mass is 225 g/mol. The molecule has 16 heavy (non-hydrogen) atoms. The Morgan fingerprint density at radius 1 is 1.38 bits per heavy atom. The van der Waals surface area contributed by atoms with Crippen LogP contribution in [0.25, 0.3) is 0 Å². The predicted molar refractivity (Wildman–Crippen MR) is 59.0 cm³/mol. The van der Waals surface area contributed by atoms with Crippen molar-refractivity contribution in [2.75, 3.05) is 14.1 Å². The van der Waals surface area contributed by atoms with E-state index in [0.717, 1.165) is 6.07 Å². The van der Waals surface area contributed by atoms with Crippen LogP contribution in [0.4, 0.5) is 4.39 Å². The van der Waals surface area contributed by atoms with Crippen LogP contribution in [0.3, 0.4) is 0 Å². The van der Waals surface area contributed by atoms with Gasteiger partial charge in [0.25, 0.3) is 5.91 Å². The first-order chi connectivity index (χ1) is 7.34. The topological polar surface area (TPSA) is 60.8 Å². The zero-order chi connectivity index (χ0) is 12.5. The van der Waals surface area contributed by atoms with Crippen LogP contribution < -0.4 is 5.46 Å². The molecule has 0 aliphatic carbocycles. The second-order valence-corrected chi connectivity index (χ2v) is 3.75. The highest BCUT2D eigenvalue weighted by atomic mass is 19.1. The second kappa shape index (κ2) is 4.63. The Kier molecular flexibility index (Phi) is 3.67. The van der Waals surface area contributed by atoms with Crippen molar-refractivity contribution in [2.45, 2.75) is 6.92 Å². The molecule has 0 heterocycles. The summed E-state index contributed by atoms with van der Waals surface area (Å²) in [4.78, 5) is 12.9. The van der Waals surface area contributed by atoms with E-state index in [9.17, 15) is 9.18 Å². The molecule has 6 heteroatoms. The summed E-state index contributed by atoms with van der Waals surface area (Å²) < 4.78 is 13.4. The number of benzene rings is 1. The van der Waals surface area contributed by atoms with Gasteiger partial charge in [0.05, 0.1) is 0 Å². The summed E-state index contributed by atoms with van der Waals surface area (Å²) in [6, 6.07) is 2.37. The molecule has 0 unspecified atom stereocenters. The van der Waals surface area contributed by atoms with Gasteiger partial charge in [-0.2, -0.15) is 0 Å². The number of rotatable bonds is 2. The molecule has 2 N–H and O–H groups in total. The molecular formula is C10H13BFNO3. The lowest BCUT2D eigenvalue weighted by molar-refractivity contribution is 0.0827. The van der Waals surface area contributed by atoms with Gasteiger partial charge in [0, 0.05) is 19.7 Å². The van der Waals surface area contributed by atoms with Gasteiger partial charge in [-0.05, 0) is 30.1 Å². The quantitative estimate of drug-likeness (QED) is 0.668. The zero-order valence-corrected chi connectivity index (χ0v) is 9.36. The van der Waals surface area contributed by atoms with Crippen molar-refractivity contribution in [3.05, 3.63) is 29.1 Å². The lowest BCUT2D eigenvalue weighted by Gasteiger charge is -2.13. The van der Waals surface area contributed by atoms with Crippen molar-refractivity contribution < 1.29 is 19.2 Å². The highest BCUT2D eigenvalue weighted by molar-refractivity contribution is 6.59. The third kappa shape index (κ3) is 2.40. The minimum Gasteiger partial charge on any atom is -0.423 e. The average Bonchev–Trinajstić information content (AvgIpc) is 2.20. The third-order valence-corrected chi connectivity index (χ3v) is 2.32. The number of carbonyl (C=O) groups excluding carboxylic acids is 1. The van der Waals surface area contributed by atoms with E-state index in [1.807, 2.05) is 0 Å². The van der Waals surface area contributed by atoms with Gasteiger partial charge in [-0.15, -0.1) is 0 Å². The lowest BCUT2D eigenvalue weighted by Crippen LogP contribution is -2.34. The van der Waals surface area contributed by atoms with Crippen LogP contribution in [0.5, 0.6) is 0 Å². The fraction of sp³-hybridized carbons (Fsp3) is 0.300.